The summed E-state index contributed by atoms with van der Waals surface area (Å²) in [5, 5.41) is 0. The van der Waals surface area contributed by atoms with E-state index in [1.165, 1.54) is 18.2 Å². The molecule has 1 aromatic rings. The van der Waals surface area contributed by atoms with Crippen LogP contribution >= 0.6 is 0 Å². The number of halogens is 1. The number of ketones is 1. The Morgan fingerprint density at radius 1 is 1.04 bits per heavy atom. The average Bonchev–Trinajstić information content (AvgIpc) is 3.16. The van der Waals surface area contributed by atoms with E-state index < -0.39 is 11.9 Å². The Bertz CT molecular complexity index is 713. The standard InChI is InChI=1S/C21H27FN2O3/c1-15-10-13-23(14-11-15)21(27)18-7-4-12-24(18)20(26)9-8-19(25)16-5-2-3-6-17(16)22/h2-3,5-6,15,18H,4,7-14H2,1H3. The van der Waals surface area contributed by atoms with Gasteiger partial charge in [0.15, 0.2) is 5.78 Å². The Labute approximate surface area is 159 Å². The zero-order valence-corrected chi connectivity index (χ0v) is 15.8. The monoisotopic (exact) mass is 374 g/mol. The smallest absolute Gasteiger partial charge is 0.245 e. The zero-order valence-electron chi connectivity index (χ0n) is 15.8. The molecule has 0 spiro atoms. The molecule has 1 atom stereocenters. The molecule has 1 aromatic carbocycles. The van der Waals surface area contributed by atoms with Crippen molar-refractivity contribution in [2.75, 3.05) is 19.6 Å². The van der Waals surface area contributed by atoms with Crippen molar-refractivity contribution in [3.05, 3.63) is 35.6 Å². The summed E-state index contributed by atoms with van der Waals surface area (Å²) < 4.78 is 13.7. The maximum Gasteiger partial charge on any atom is 0.245 e. The fraction of sp³-hybridized carbons (Fsp3) is 0.571. The fourth-order valence-electron chi connectivity index (χ4n) is 3.95. The molecule has 5 nitrogen and oxygen atoms in total. The number of piperidine rings is 1. The van der Waals surface area contributed by atoms with Gasteiger partial charge in [-0.1, -0.05) is 19.1 Å². The molecule has 2 saturated heterocycles. The van der Waals surface area contributed by atoms with Crippen molar-refractivity contribution in [1.29, 1.82) is 0 Å². The molecule has 0 aromatic heterocycles. The third-order valence-corrected chi connectivity index (χ3v) is 5.69. The number of carbonyl (C=O) groups excluding carboxylic acids is 3. The van der Waals surface area contributed by atoms with E-state index in [1.54, 1.807) is 11.0 Å². The minimum atomic E-state index is -0.566. The van der Waals surface area contributed by atoms with E-state index in [9.17, 15) is 18.8 Å². The van der Waals surface area contributed by atoms with Crippen LogP contribution in [-0.2, 0) is 9.59 Å². The lowest BCUT2D eigenvalue weighted by Crippen LogP contribution is -2.49. The highest BCUT2D eigenvalue weighted by atomic mass is 19.1. The van der Waals surface area contributed by atoms with Gasteiger partial charge in [0.1, 0.15) is 11.9 Å². The van der Waals surface area contributed by atoms with E-state index in [4.69, 9.17) is 0 Å². The summed E-state index contributed by atoms with van der Waals surface area (Å²) in [4.78, 5) is 41.2. The van der Waals surface area contributed by atoms with Gasteiger partial charge in [-0.2, -0.15) is 0 Å². The maximum atomic E-state index is 13.7. The molecule has 2 aliphatic rings. The maximum absolute atomic E-state index is 13.7. The molecule has 1 unspecified atom stereocenters. The van der Waals surface area contributed by atoms with Crippen molar-refractivity contribution in [1.82, 2.24) is 9.80 Å². The molecule has 0 saturated carbocycles. The van der Waals surface area contributed by atoms with Gasteiger partial charge in [0.05, 0.1) is 5.56 Å². The van der Waals surface area contributed by atoms with Gasteiger partial charge in [0, 0.05) is 32.5 Å². The van der Waals surface area contributed by atoms with Crippen molar-refractivity contribution in [2.24, 2.45) is 5.92 Å². The molecular weight excluding hydrogens is 347 g/mol. The zero-order chi connectivity index (χ0) is 19.4. The van der Waals surface area contributed by atoms with Gasteiger partial charge in [-0.05, 0) is 43.7 Å². The number of carbonyl (C=O) groups is 3. The Morgan fingerprint density at radius 3 is 2.44 bits per heavy atom. The van der Waals surface area contributed by atoms with E-state index in [0.29, 0.717) is 18.9 Å². The van der Waals surface area contributed by atoms with Gasteiger partial charge >= 0.3 is 0 Å². The third kappa shape index (κ3) is 4.54. The second kappa shape index (κ2) is 8.63. The van der Waals surface area contributed by atoms with Crippen LogP contribution in [0.25, 0.3) is 0 Å². The molecule has 2 amide bonds. The second-order valence-corrected chi connectivity index (χ2v) is 7.66. The summed E-state index contributed by atoms with van der Waals surface area (Å²) >= 11 is 0. The van der Waals surface area contributed by atoms with Crippen molar-refractivity contribution < 1.29 is 18.8 Å². The number of Topliss-reactive ketones (excluding diaryl/α,β-unsaturated/α-hetero) is 1. The molecule has 2 aliphatic heterocycles. The Balaban J connectivity index is 1.56. The normalized spacial score (nSPS) is 20.7. The second-order valence-electron chi connectivity index (χ2n) is 7.66. The first-order valence-corrected chi connectivity index (χ1v) is 9.83. The molecule has 27 heavy (non-hydrogen) atoms. The summed E-state index contributed by atoms with van der Waals surface area (Å²) in [6.45, 7) is 4.25. The lowest BCUT2D eigenvalue weighted by Gasteiger charge is -2.34. The van der Waals surface area contributed by atoms with Gasteiger partial charge in [-0.25, -0.2) is 4.39 Å². The van der Waals surface area contributed by atoms with Crippen LogP contribution in [0.1, 0.15) is 55.8 Å². The van der Waals surface area contributed by atoms with Gasteiger partial charge in [0.25, 0.3) is 0 Å². The summed E-state index contributed by atoms with van der Waals surface area (Å²) in [7, 11) is 0. The van der Waals surface area contributed by atoms with Crippen LogP contribution < -0.4 is 0 Å². The first-order valence-electron chi connectivity index (χ1n) is 9.83. The molecule has 146 valence electrons. The van der Waals surface area contributed by atoms with Gasteiger partial charge < -0.3 is 9.80 Å². The number of benzene rings is 1. The highest BCUT2D eigenvalue weighted by Crippen LogP contribution is 2.24. The van der Waals surface area contributed by atoms with Crippen LogP contribution in [0.3, 0.4) is 0 Å². The van der Waals surface area contributed by atoms with Crippen LogP contribution in [0.5, 0.6) is 0 Å². The minimum absolute atomic E-state index is 0.00792. The SMILES string of the molecule is CC1CCN(C(=O)C2CCCN2C(=O)CCC(=O)c2ccccc2F)CC1. The van der Waals surface area contributed by atoms with Gasteiger partial charge in [-0.15, -0.1) is 0 Å². The molecule has 0 aliphatic carbocycles. The van der Waals surface area contributed by atoms with E-state index in [-0.39, 0.29) is 36.0 Å². The Hall–Kier alpha value is -2.24. The highest BCUT2D eigenvalue weighted by Gasteiger charge is 2.37. The summed E-state index contributed by atoms with van der Waals surface area (Å²) in [6.07, 6.45) is 3.45. The first-order chi connectivity index (χ1) is 13.0. The van der Waals surface area contributed by atoms with Crippen molar-refractivity contribution in [3.63, 3.8) is 0 Å². The summed E-state index contributed by atoms with van der Waals surface area (Å²) in [6, 6.07) is 5.39. The third-order valence-electron chi connectivity index (χ3n) is 5.69. The highest BCUT2D eigenvalue weighted by molar-refractivity contribution is 5.98. The first kappa shape index (κ1) is 19.5. The predicted octanol–water partition coefficient (Wildman–Crippen LogP) is 3.04. The van der Waals surface area contributed by atoms with Crippen LogP contribution in [0.2, 0.25) is 0 Å². The van der Waals surface area contributed by atoms with Crippen LogP contribution in [-0.4, -0.2) is 53.1 Å². The van der Waals surface area contributed by atoms with E-state index in [1.807, 2.05) is 4.90 Å². The Kier molecular flexibility index (Phi) is 6.24. The molecule has 2 heterocycles. The topological polar surface area (TPSA) is 57.7 Å². The number of amides is 2. The predicted molar refractivity (Wildman–Crippen MR) is 99.7 cm³/mol. The van der Waals surface area contributed by atoms with Crippen molar-refractivity contribution in [2.45, 2.75) is 51.5 Å². The van der Waals surface area contributed by atoms with Crippen molar-refractivity contribution >= 4 is 17.6 Å². The number of likely N-dealkylation sites (tertiary alicyclic amines) is 2. The largest absolute Gasteiger partial charge is 0.341 e. The number of hydrogen-bond acceptors (Lipinski definition) is 3. The van der Waals surface area contributed by atoms with E-state index >= 15 is 0 Å². The minimum Gasteiger partial charge on any atom is -0.341 e. The molecule has 3 rings (SSSR count). The summed E-state index contributed by atoms with van der Waals surface area (Å²) in [5.74, 6) is -0.467. The number of hydrogen-bond donors (Lipinski definition) is 0. The van der Waals surface area contributed by atoms with Crippen LogP contribution in [0.15, 0.2) is 24.3 Å². The lowest BCUT2D eigenvalue weighted by molar-refractivity contribution is -0.144. The quantitative estimate of drug-likeness (QED) is 0.745. The summed E-state index contributed by atoms with van der Waals surface area (Å²) in [5.41, 5.74) is 0.0155. The number of rotatable bonds is 5. The molecular formula is C21H27FN2O3. The molecule has 0 N–H and O–H groups in total. The average molecular weight is 374 g/mol. The molecule has 2 fully saturated rings. The lowest BCUT2D eigenvalue weighted by atomic mass is 9.98. The molecule has 6 heteroatoms. The Morgan fingerprint density at radius 2 is 1.74 bits per heavy atom. The van der Waals surface area contributed by atoms with Crippen LogP contribution in [0.4, 0.5) is 4.39 Å². The van der Waals surface area contributed by atoms with E-state index in [2.05, 4.69) is 6.92 Å². The van der Waals surface area contributed by atoms with E-state index in [0.717, 1.165) is 32.4 Å². The molecule has 0 radical (unpaired) electrons. The van der Waals surface area contributed by atoms with Gasteiger partial charge in [0.2, 0.25) is 11.8 Å². The molecule has 0 bridgehead atoms. The van der Waals surface area contributed by atoms with Crippen LogP contribution in [0, 0.1) is 11.7 Å². The number of nitrogens with zero attached hydrogens (tertiary/aromatic N) is 2. The fourth-order valence-corrected chi connectivity index (χ4v) is 3.95. The van der Waals surface area contributed by atoms with Crippen molar-refractivity contribution in [3.8, 4) is 0 Å². The van der Waals surface area contributed by atoms with Gasteiger partial charge in [-0.3, -0.25) is 14.4 Å².